The van der Waals surface area contributed by atoms with Gasteiger partial charge in [-0.05, 0) is 43.9 Å². The molecule has 3 rings (SSSR count). The third-order valence-corrected chi connectivity index (χ3v) is 8.66. The summed E-state index contributed by atoms with van der Waals surface area (Å²) >= 11 is 0. The minimum atomic E-state index is 0.819. The van der Waals surface area contributed by atoms with Crippen molar-refractivity contribution in [3.63, 3.8) is 0 Å². The van der Waals surface area contributed by atoms with Gasteiger partial charge < -0.3 is 5.32 Å². The minimum absolute atomic E-state index is 0.819. The van der Waals surface area contributed by atoms with Crippen LogP contribution >= 0.6 is 0 Å². The lowest BCUT2D eigenvalue weighted by molar-refractivity contribution is 0.215. The molecule has 1 heteroatoms. The molecule has 0 aliphatic heterocycles. The van der Waals surface area contributed by atoms with E-state index in [9.17, 15) is 0 Å². The molecule has 0 aromatic heterocycles. The third kappa shape index (κ3) is 9.75. The maximum atomic E-state index is 4.21. The van der Waals surface area contributed by atoms with Gasteiger partial charge in [0.15, 0.2) is 0 Å². The molecule has 0 amide bonds. The van der Waals surface area contributed by atoms with Crippen molar-refractivity contribution >= 4 is 0 Å². The molecule has 170 valence electrons. The summed E-state index contributed by atoms with van der Waals surface area (Å²) in [5.41, 5.74) is 0. The number of rotatable bonds is 3. The van der Waals surface area contributed by atoms with Gasteiger partial charge in [0.05, 0.1) is 0 Å². The van der Waals surface area contributed by atoms with Crippen LogP contribution in [0.3, 0.4) is 0 Å². The van der Waals surface area contributed by atoms with E-state index >= 15 is 0 Å². The lowest BCUT2D eigenvalue weighted by Crippen LogP contribution is -2.39. The van der Waals surface area contributed by atoms with Gasteiger partial charge in [0.2, 0.25) is 0 Å². The summed E-state index contributed by atoms with van der Waals surface area (Å²) in [5, 5.41) is 4.21. The van der Waals surface area contributed by atoms with E-state index in [0.29, 0.717) is 0 Å². The van der Waals surface area contributed by atoms with Crippen LogP contribution in [0.25, 0.3) is 0 Å². The second-order valence-electron chi connectivity index (χ2n) is 11.0. The smallest absolute Gasteiger partial charge is 0.00697 e. The number of hydrogen-bond acceptors (Lipinski definition) is 1. The fourth-order valence-electron chi connectivity index (χ4n) is 6.76. The first-order valence-electron chi connectivity index (χ1n) is 14.2. The van der Waals surface area contributed by atoms with Crippen molar-refractivity contribution < 1.29 is 0 Å². The summed E-state index contributed by atoms with van der Waals surface area (Å²) in [4.78, 5) is 0. The van der Waals surface area contributed by atoms with Crippen molar-refractivity contribution in [1.82, 2.24) is 5.32 Å². The van der Waals surface area contributed by atoms with E-state index in [-0.39, 0.29) is 0 Å². The summed E-state index contributed by atoms with van der Waals surface area (Å²) < 4.78 is 0. The first kappa shape index (κ1) is 23.6. The Bertz CT molecular complexity index is 374. The summed E-state index contributed by atoms with van der Waals surface area (Å²) in [6.45, 7) is 0. The Morgan fingerprint density at radius 2 is 0.586 bits per heavy atom. The van der Waals surface area contributed by atoms with Crippen LogP contribution in [0.1, 0.15) is 154 Å². The molecule has 2 atom stereocenters. The first-order chi connectivity index (χ1) is 14.4. The molecule has 0 saturated heterocycles. The van der Waals surface area contributed by atoms with Crippen LogP contribution in [0.15, 0.2) is 0 Å². The van der Waals surface area contributed by atoms with Crippen LogP contribution in [-0.4, -0.2) is 12.1 Å². The van der Waals surface area contributed by atoms with Crippen LogP contribution in [0.2, 0.25) is 0 Å². The van der Waals surface area contributed by atoms with Crippen molar-refractivity contribution in [2.45, 2.75) is 166 Å². The predicted octanol–water partition coefficient (Wildman–Crippen LogP) is 8.95. The summed E-state index contributed by atoms with van der Waals surface area (Å²) in [7, 11) is 0. The molecule has 0 heterocycles. The molecular formula is C28H53N. The molecule has 1 N–H and O–H groups in total. The molecule has 0 radical (unpaired) electrons. The summed E-state index contributed by atoms with van der Waals surface area (Å²) in [5.74, 6) is 2.09. The maximum Gasteiger partial charge on any atom is 0.00697 e. The highest BCUT2D eigenvalue weighted by Crippen LogP contribution is 2.35. The highest BCUT2D eigenvalue weighted by molar-refractivity contribution is 4.80. The molecule has 2 unspecified atom stereocenters. The van der Waals surface area contributed by atoms with Crippen molar-refractivity contribution in [3.05, 3.63) is 0 Å². The Balaban J connectivity index is 1.52. The minimum Gasteiger partial charge on any atom is -0.311 e. The van der Waals surface area contributed by atoms with E-state index in [1.54, 1.807) is 19.3 Å². The van der Waals surface area contributed by atoms with Gasteiger partial charge in [0.1, 0.15) is 0 Å². The highest BCUT2D eigenvalue weighted by atomic mass is 14.9. The van der Waals surface area contributed by atoms with E-state index in [4.69, 9.17) is 0 Å². The van der Waals surface area contributed by atoms with Crippen LogP contribution in [0, 0.1) is 11.8 Å². The fourth-order valence-corrected chi connectivity index (χ4v) is 6.76. The van der Waals surface area contributed by atoms with Gasteiger partial charge in [0, 0.05) is 12.1 Å². The first-order valence-corrected chi connectivity index (χ1v) is 14.2. The van der Waals surface area contributed by atoms with E-state index in [2.05, 4.69) is 5.32 Å². The van der Waals surface area contributed by atoms with Gasteiger partial charge in [-0.25, -0.2) is 0 Å². The van der Waals surface area contributed by atoms with Crippen molar-refractivity contribution in [1.29, 1.82) is 0 Å². The Morgan fingerprint density at radius 3 is 1.03 bits per heavy atom. The molecule has 3 fully saturated rings. The molecule has 29 heavy (non-hydrogen) atoms. The van der Waals surface area contributed by atoms with Crippen LogP contribution in [-0.2, 0) is 0 Å². The van der Waals surface area contributed by atoms with Crippen molar-refractivity contribution in [3.8, 4) is 0 Å². The van der Waals surface area contributed by atoms with E-state index in [1.165, 1.54) is 135 Å². The molecule has 0 bridgehead atoms. The number of hydrogen-bond donors (Lipinski definition) is 1. The predicted molar refractivity (Wildman–Crippen MR) is 128 cm³/mol. The molecule has 0 aromatic rings. The van der Waals surface area contributed by atoms with Gasteiger partial charge in [0.25, 0.3) is 0 Å². The number of nitrogens with one attached hydrogen (secondary N) is 1. The molecule has 1 nitrogen and oxygen atoms in total. The quantitative estimate of drug-likeness (QED) is 0.496. The van der Waals surface area contributed by atoms with E-state index in [0.717, 1.165) is 23.9 Å². The molecular weight excluding hydrogens is 350 g/mol. The molecule has 3 aliphatic carbocycles. The zero-order valence-electron chi connectivity index (χ0n) is 19.8. The van der Waals surface area contributed by atoms with Crippen LogP contribution < -0.4 is 5.32 Å². The maximum absolute atomic E-state index is 4.21. The third-order valence-electron chi connectivity index (χ3n) is 8.66. The summed E-state index contributed by atoms with van der Waals surface area (Å²) in [6, 6.07) is 1.65. The second kappa shape index (κ2) is 14.9. The molecule has 3 saturated carbocycles. The summed E-state index contributed by atoms with van der Waals surface area (Å²) in [6.07, 6.45) is 35.9. The largest absolute Gasteiger partial charge is 0.311 e. The fraction of sp³-hybridized carbons (Fsp3) is 1.00. The van der Waals surface area contributed by atoms with Gasteiger partial charge in [-0.2, -0.15) is 0 Å². The van der Waals surface area contributed by atoms with Crippen molar-refractivity contribution in [2.24, 2.45) is 11.8 Å². The van der Waals surface area contributed by atoms with Crippen LogP contribution in [0.4, 0.5) is 0 Å². The normalized spacial score (nSPS) is 31.4. The zero-order valence-corrected chi connectivity index (χ0v) is 19.8. The Hall–Kier alpha value is -0.0400. The monoisotopic (exact) mass is 403 g/mol. The second-order valence-corrected chi connectivity index (χ2v) is 11.0. The highest BCUT2D eigenvalue weighted by Gasteiger charge is 2.24. The zero-order chi connectivity index (χ0) is 20.0. The average Bonchev–Trinajstić information content (AvgIpc) is 2.72. The Morgan fingerprint density at radius 1 is 0.276 bits per heavy atom. The standard InChI is InChI=1S/C28H53N/c1-2-5-11-17-25(18-12-6-3-1)26-19-13-9-10-16-22-28(24-23-26)29-27-20-14-7-4-8-15-21-27/h25-29H,1-24H2. The Labute approximate surface area is 183 Å². The molecule has 3 aliphatic rings. The lowest BCUT2D eigenvalue weighted by Gasteiger charge is -2.32. The van der Waals surface area contributed by atoms with Crippen molar-refractivity contribution in [2.75, 3.05) is 0 Å². The molecule has 0 aromatic carbocycles. The lowest BCUT2D eigenvalue weighted by atomic mass is 9.76. The topological polar surface area (TPSA) is 12.0 Å². The van der Waals surface area contributed by atoms with Gasteiger partial charge >= 0.3 is 0 Å². The van der Waals surface area contributed by atoms with Gasteiger partial charge in [-0.1, -0.05) is 122 Å². The SMILES string of the molecule is C1CCCCC(C2CCCCCCC(NC3CCCCCCC3)CC2)CCCC1. The Kier molecular flexibility index (Phi) is 12.1. The molecule has 0 spiro atoms. The van der Waals surface area contributed by atoms with Gasteiger partial charge in [-0.3, -0.25) is 0 Å². The van der Waals surface area contributed by atoms with Gasteiger partial charge in [-0.15, -0.1) is 0 Å². The average molecular weight is 404 g/mol. The van der Waals surface area contributed by atoms with E-state index < -0.39 is 0 Å². The van der Waals surface area contributed by atoms with E-state index in [1.807, 2.05) is 0 Å². The van der Waals surface area contributed by atoms with Crippen LogP contribution in [0.5, 0.6) is 0 Å².